The second kappa shape index (κ2) is 4.26. The lowest BCUT2D eigenvalue weighted by atomic mass is 10.5. The van der Waals surface area contributed by atoms with Crippen LogP contribution in [0.4, 0.5) is 11.6 Å². The standard InChI is InChI=1S/C11H12N6S/c1-7-4-14-9(18-7)5-15-10-11-13-2-3-17(11)6-8(12)16-10/h2-4,6H,5,12H2,1H3,(H,15,16). The van der Waals surface area contributed by atoms with Crippen LogP contribution in [0.25, 0.3) is 5.65 Å². The Bertz CT molecular complexity index is 686. The molecule has 0 atom stereocenters. The summed E-state index contributed by atoms with van der Waals surface area (Å²) in [6.07, 6.45) is 7.15. The molecular formula is C11H12N6S. The molecule has 0 fully saturated rings. The van der Waals surface area contributed by atoms with Crippen molar-refractivity contribution < 1.29 is 0 Å². The zero-order chi connectivity index (χ0) is 12.5. The van der Waals surface area contributed by atoms with Crippen LogP contribution in [0.3, 0.4) is 0 Å². The minimum Gasteiger partial charge on any atom is -0.382 e. The zero-order valence-electron chi connectivity index (χ0n) is 9.79. The van der Waals surface area contributed by atoms with Crippen LogP contribution in [0.5, 0.6) is 0 Å². The Morgan fingerprint density at radius 1 is 1.44 bits per heavy atom. The van der Waals surface area contributed by atoms with Gasteiger partial charge in [-0.05, 0) is 6.92 Å². The Morgan fingerprint density at radius 2 is 2.33 bits per heavy atom. The molecule has 0 radical (unpaired) electrons. The predicted molar refractivity (Wildman–Crippen MR) is 71.6 cm³/mol. The van der Waals surface area contributed by atoms with Crippen LogP contribution >= 0.6 is 11.3 Å². The van der Waals surface area contributed by atoms with Gasteiger partial charge < -0.3 is 15.5 Å². The summed E-state index contributed by atoms with van der Waals surface area (Å²) in [7, 11) is 0. The molecule has 18 heavy (non-hydrogen) atoms. The molecule has 3 aromatic heterocycles. The first-order valence-corrected chi connectivity index (χ1v) is 6.28. The maximum atomic E-state index is 5.74. The quantitative estimate of drug-likeness (QED) is 0.749. The molecule has 3 rings (SSSR count). The largest absolute Gasteiger partial charge is 0.382 e. The van der Waals surface area contributed by atoms with E-state index in [1.165, 1.54) is 4.88 Å². The van der Waals surface area contributed by atoms with Crippen molar-refractivity contribution in [1.82, 2.24) is 19.4 Å². The van der Waals surface area contributed by atoms with Crippen LogP contribution in [0.2, 0.25) is 0 Å². The lowest BCUT2D eigenvalue weighted by Gasteiger charge is -2.06. The number of aryl methyl sites for hydroxylation is 1. The molecule has 7 heteroatoms. The summed E-state index contributed by atoms with van der Waals surface area (Å²) in [6, 6.07) is 0. The highest BCUT2D eigenvalue weighted by Crippen LogP contribution is 2.17. The molecule has 3 heterocycles. The van der Waals surface area contributed by atoms with E-state index in [9.17, 15) is 0 Å². The number of thiazole rings is 1. The Labute approximate surface area is 108 Å². The van der Waals surface area contributed by atoms with Gasteiger partial charge in [0.2, 0.25) is 0 Å². The zero-order valence-corrected chi connectivity index (χ0v) is 10.6. The highest BCUT2D eigenvalue weighted by Gasteiger charge is 2.06. The van der Waals surface area contributed by atoms with Crippen LogP contribution in [0.1, 0.15) is 9.88 Å². The molecular weight excluding hydrogens is 248 g/mol. The van der Waals surface area contributed by atoms with Crippen molar-refractivity contribution in [3.8, 4) is 0 Å². The van der Waals surface area contributed by atoms with E-state index in [0.29, 0.717) is 18.2 Å². The Balaban J connectivity index is 1.87. The molecule has 0 unspecified atom stereocenters. The summed E-state index contributed by atoms with van der Waals surface area (Å²) in [4.78, 5) is 14.0. The van der Waals surface area contributed by atoms with E-state index < -0.39 is 0 Å². The molecule has 0 spiro atoms. The summed E-state index contributed by atoms with van der Waals surface area (Å²) in [5.74, 6) is 1.13. The van der Waals surface area contributed by atoms with Crippen LogP contribution in [-0.4, -0.2) is 19.4 Å². The normalized spacial score (nSPS) is 10.9. The SMILES string of the molecule is Cc1cnc(CNc2nc(N)cn3ccnc23)s1. The van der Waals surface area contributed by atoms with Gasteiger partial charge in [-0.25, -0.2) is 15.0 Å². The van der Waals surface area contributed by atoms with Crippen molar-refractivity contribution in [1.29, 1.82) is 0 Å². The summed E-state index contributed by atoms with van der Waals surface area (Å²) >= 11 is 1.66. The predicted octanol–water partition coefficient (Wildman–Crippen LogP) is 1.69. The molecule has 0 saturated heterocycles. The molecule has 92 valence electrons. The molecule has 0 bridgehead atoms. The Morgan fingerprint density at radius 3 is 3.11 bits per heavy atom. The molecule has 0 aliphatic heterocycles. The van der Waals surface area contributed by atoms with Gasteiger partial charge in [-0.2, -0.15) is 0 Å². The number of nitrogens with two attached hydrogens (primary N) is 1. The highest BCUT2D eigenvalue weighted by molar-refractivity contribution is 7.11. The summed E-state index contributed by atoms with van der Waals surface area (Å²) in [6.45, 7) is 2.66. The highest BCUT2D eigenvalue weighted by atomic mass is 32.1. The summed E-state index contributed by atoms with van der Waals surface area (Å²) < 4.78 is 1.85. The van der Waals surface area contributed by atoms with E-state index in [1.807, 2.05) is 23.7 Å². The van der Waals surface area contributed by atoms with Crippen molar-refractivity contribution >= 4 is 28.6 Å². The molecule has 0 aromatic carbocycles. The lowest BCUT2D eigenvalue weighted by molar-refractivity contribution is 1.06. The number of aromatic nitrogens is 4. The molecule has 0 aliphatic rings. The number of fused-ring (bicyclic) bond motifs is 1. The molecule has 0 aliphatic carbocycles. The fourth-order valence-electron chi connectivity index (χ4n) is 1.71. The number of nitrogens with zero attached hydrogens (tertiary/aromatic N) is 4. The van der Waals surface area contributed by atoms with E-state index in [1.54, 1.807) is 23.7 Å². The smallest absolute Gasteiger partial charge is 0.180 e. The molecule has 3 N–H and O–H groups in total. The Hall–Kier alpha value is -2.15. The van der Waals surface area contributed by atoms with Gasteiger partial charge in [0, 0.05) is 23.5 Å². The van der Waals surface area contributed by atoms with Gasteiger partial charge in [-0.3, -0.25) is 0 Å². The third-order valence-corrected chi connectivity index (χ3v) is 3.38. The van der Waals surface area contributed by atoms with Gasteiger partial charge in [-0.15, -0.1) is 11.3 Å². The molecule has 0 amide bonds. The van der Waals surface area contributed by atoms with E-state index in [2.05, 4.69) is 20.3 Å². The molecule has 6 nitrogen and oxygen atoms in total. The average Bonchev–Trinajstić information content (AvgIpc) is 2.94. The lowest BCUT2D eigenvalue weighted by Crippen LogP contribution is -2.05. The summed E-state index contributed by atoms with van der Waals surface area (Å²) in [5, 5.41) is 4.23. The fraction of sp³-hybridized carbons (Fsp3) is 0.182. The number of nitrogens with one attached hydrogen (secondary N) is 1. The summed E-state index contributed by atoms with van der Waals surface area (Å²) in [5.41, 5.74) is 6.51. The average molecular weight is 260 g/mol. The van der Waals surface area contributed by atoms with Gasteiger partial charge in [-0.1, -0.05) is 0 Å². The molecule has 3 aromatic rings. The first kappa shape index (κ1) is 11.0. The topological polar surface area (TPSA) is 81.1 Å². The maximum Gasteiger partial charge on any atom is 0.180 e. The van der Waals surface area contributed by atoms with Gasteiger partial charge in [0.15, 0.2) is 11.5 Å². The third kappa shape index (κ3) is 2.00. The number of anilines is 2. The first-order chi connectivity index (χ1) is 8.72. The number of nitrogen functional groups attached to an aromatic ring is 1. The van der Waals surface area contributed by atoms with E-state index in [0.717, 1.165) is 10.7 Å². The van der Waals surface area contributed by atoms with E-state index in [-0.39, 0.29) is 0 Å². The fourth-order valence-corrected chi connectivity index (χ4v) is 2.44. The van der Waals surface area contributed by atoms with Crippen LogP contribution in [-0.2, 0) is 6.54 Å². The monoisotopic (exact) mass is 260 g/mol. The maximum absolute atomic E-state index is 5.74. The van der Waals surface area contributed by atoms with Crippen LogP contribution in [0, 0.1) is 6.92 Å². The van der Waals surface area contributed by atoms with Gasteiger partial charge in [0.05, 0.1) is 12.7 Å². The van der Waals surface area contributed by atoms with E-state index in [4.69, 9.17) is 5.73 Å². The van der Waals surface area contributed by atoms with Crippen molar-refractivity contribution in [2.75, 3.05) is 11.1 Å². The molecule has 0 saturated carbocycles. The van der Waals surface area contributed by atoms with Gasteiger partial charge >= 0.3 is 0 Å². The Kier molecular flexibility index (Phi) is 2.60. The van der Waals surface area contributed by atoms with E-state index >= 15 is 0 Å². The first-order valence-electron chi connectivity index (χ1n) is 5.47. The number of hydrogen-bond acceptors (Lipinski definition) is 6. The van der Waals surface area contributed by atoms with Crippen LogP contribution < -0.4 is 11.1 Å². The van der Waals surface area contributed by atoms with Crippen molar-refractivity contribution in [2.45, 2.75) is 13.5 Å². The van der Waals surface area contributed by atoms with Gasteiger partial charge in [0.25, 0.3) is 0 Å². The van der Waals surface area contributed by atoms with Crippen LogP contribution in [0.15, 0.2) is 24.8 Å². The van der Waals surface area contributed by atoms with Crippen molar-refractivity contribution in [3.63, 3.8) is 0 Å². The third-order valence-electron chi connectivity index (χ3n) is 2.47. The number of hydrogen-bond donors (Lipinski definition) is 2. The minimum absolute atomic E-state index is 0.457. The second-order valence-electron chi connectivity index (χ2n) is 3.89. The number of imidazole rings is 1. The minimum atomic E-state index is 0.457. The number of rotatable bonds is 3. The second-order valence-corrected chi connectivity index (χ2v) is 5.21. The van der Waals surface area contributed by atoms with Crippen molar-refractivity contribution in [3.05, 3.63) is 34.7 Å². The van der Waals surface area contributed by atoms with Crippen molar-refractivity contribution in [2.24, 2.45) is 0 Å². The van der Waals surface area contributed by atoms with Gasteiger partial charge in [0.1, 0.15) is 10.8 Å².